The number of hydrogen-bond acceptors (Lipinski definition) is 4. The minimum Gasteiger partial charge on any atom is -0.353 e. The number of nitrogens with zero attached hydrogens (tertiary/aromatic N) is 3. The zero-order valence-electron chi connectivity index (χ0n) is 11.4. The second-order valence-electron chi connectivity index (χ2n) is 5.27. The van der Waals surface area contributed by atoms with Crippen molar-refractivity contribution in [1.29, 1.82) is 0 Å². The van der Waals surface area contributed by atoms with E-state index in [1.54, 1.807) is 12.3 Å². The van der Waals surface area contributed by atoms with Crippen molar-refractivity contribution in [1.82, 2.24) is 15.2 Å². The van der Waals surface area contributed by atoms with Crippen LogP contribution in [-0.4, -0.2) is 55.1 Å². The van der Waals surface area contributed by atoms with E-state index in [1.807, 2.05) is 4.90 Å². The molecule has 2 fully saturated rings. The van der Waals surface area contributed by atoms with E-state index in [4.69, 9.17) is 11.6 Å². The summed E-state index contributed by atoms with van der Waals surface area (Å²) in [5.41, 5.74) is 0.593. The monoisotopic (exact) mass is 294 g/mol. The highest BCUT2D eigenvalue weighted by molar-refractivity contribution is 6.33. The zero-order valence-corrected chi connectivity index (χ0v) is 12.2. The molecule has 0 radical (unpaired) electrons. The molecule has 2 aliphatic rings. The second kappa shape index (κ2) is 5.97. The smallest absolute Gasteiger partial charge is 0.255 e. The van der Waals surface area contributed by atoms with Gasteiger partial charge in [0.2, 0.25) is 0 Å². The van der Waals surface area contributed by atoms with E-state index in [0.29, 0.717) is 10.6 Å². The first-order valence-electron chi connectivity index (χ1n) is 7.16. The van der Waals surface area contributed by atoms with Crippen LogP contribution in [0.25, 0.3) is 0 Å². The number of nitrogens with one attached hydrogen (secondary N) is 1. The SMILES string of the molecule is O=C(c1cnc(N2CCNCC2)c(Cl)c1)N1CCCC1. The number of piperazine rings is 1. The minimum absolute atomic E-state index is 0.0451. The molecule has 5 nitrogen and oxygen atoms in total. The Morgan fingerprint density at radius 2 is 1.90 bits per heavy atom. The topological polar surface area (TPSA) is 48.5 Å². The Hall–Kier alpha value is -1.33. The third-order valence-electron chi connectivity index (χ3n) is 3.88. The Bertz CT molecular complexity index is 496. The molecule has 1 aromatic rings. The Morgan fingerprint density at radius 3 is 2.55 bits per heavy atom. The van der Waals surface area contributed by atoms with Gasteiger partial charge in [-0.2, -0.15) is 0 Å². The molecule has 0 bridgehead atoms. The van der Waals surface area contributed by atoms with Gasteiger partial charge in [0.1, 0.15) is 5.82 Å². The average molecular weight is 295 g/mol. The summed E-state index contributed by atoms with van der Waals surface area (Å²) >= 11 is 6.32. The van der Waals surface area contributed by atoms with Crippen molar-refractivity contribution in [3.8, 4) is 0 Å². The number of pyridine rings is 1. The van der Waals surface area contributed by atoms with E-state index in [9.17, 15) is 4.79 Å². The predicted octanol–water partition coefficient (Wildman–Crippen LogP) is 1.38. The van der Waals surface area contributed by atoms with Gasteiger partial charge in [-0.05, 0) is 18.9 Å². The quantitative estimate of drug-likeness (QED) is 0.895. The molecular formula is C14H19ClN4O. The molecule has 0 aliphatic carbocycles. The van der Waals surface area contributed by atoms with E-state index in [0.717, 1.165) is 57.9 Å². The minimum atomic E-state index is 0.0451. The molecular weight excluding hydrogens is 276 g/mol. The van der Waals surface area contributed by atoms with Gasteiger partial charge in [0.15, 0.2) is 0 Å². The van der Waals surface area contributed by atoms with Gasteiger partial charge in [0.25, 0.3) is 5.91 Å². The number of carbonyl (C=O) groups excluding carboxylic acids is 1. The fourth-order valence-corrected chi connectivity index (χ4v) is 3.05. The third-order valence-corrected chi connectivity index (χ3v) is 4.16. The molecule has 1 aromatic heterocycles. The van der Waals surface area contributed by atoms with E-state index in [1.165, 1.54) is 0 Å². The van der Waals surface area contributed by atoms with Gasteiger partial charge in [0.05, 0.1) is 10.6 Å². The lowest BCUT2D eigenvalue weighted by Gasteiger charge is -2.29. The molecule has 1 amide bonds. The van der Waals surface area contributed by atoms with Crippen LogP contribution in [0.5, 0.6) is 0 Å². The summed E-state index contributed by atoms with van der Waals surface area (Å²) in [7, 11) is 0. The molecule has 3 rings (SSSR count). The molecule has 2 saturated heterocycles. The normalized spacial score (nSPS) is 19.4. The van der Waals surface area contributed by atoms with Crippen molar-refractivity contribution in [2.24, 2.45) is 0 Å². The van der Waals surface area contributed by atoms with Crippen molar-refractivity contribution in [3.05, 3.63) is 22.8 Å². The van der Waals surface area contributed by atoms with Crippen LogP contribution in [-0.2, 0) is 0 Å². The third kappa shape index (κ3) is 2.74. The van der Waals surface area contributed by atoms with Crippen LogP contribution in [0.15, 0.2) is 12.3 Å². The maximum absolute atomic E-state index is 12.3. The van der Waals surface area contributed by atoms with Gasteiger partial charge in [-0.1, -0.05) is 11.6 Å². The molecule has 0 spiro atoms. The van der Waals surface area contributed by atoms with E-state index < -0.39 is 0 Å². The molecule has 20 heavy (non-hydrogen) atoms. The van der Waals surface area contributed by atoms with Crippen molar-refractivity contribution in [2.75, 3.05) is 44.2 Å². The number of amides is 1. The molecule has 6 heteroatoms. The van der Waals surface area contributed by atoms with Crippen LogP contribution in [0.1, 0.15) is 23.2 Å². The lowest BCUT2D eigenvalue weighted by atomic mass is 10.2. The van der Waals surface area contributed by atoms with Gasteiger partial charge in [0, 0.05) is 45.5 Å². The highest BCUT2D eigenvalue weighted by atomic mass is 35.5. The molecule has 2 aliphatic heterocycles. The molecule has 0 aromatic carbocycles. The standard InChI is InChI=1S/C14H19ClN4O/c15-12-9-11(14(20)19-5-1-2-6-19)10-17-13(12)18-7-3-16-4-8-18/h9-10,16H,1-8H2. The van der Waals surface area contributed by atoms with Crippen LogP contribution in [0.4, 0.5) is 5.82 Å². The molecule has 0 atom stereocenters. The number of carbonyl (C=O) groups is 1. The molecule has 0 unspecified atom stereocenters. The van der Waals surface area contributed by atoms with Gasteiger partial charge in [-0.3, -0.25) is 4.79 Å². The van der Waals surface area contributed by atoms with Gasteiger partial charge in [-0.25, -0.2) is 4.98 Å². The summed E-state index contributed by atoms with van der Waals surface area (Å²) < 4.78 is 0. The van der Waals surface area contributed by atoms with Crippen LogP contribution < -0.4 is 10.2 Å². The summed E-state index contributed by atoms with van der Waals surface area (Å²) in [6, 6.07) is 1.76. The summed E-state index contributed by atoms with van der Waals surface area (Å²) in [6.07, 6.45) is 3.83. The van der Waals surface area contributed by atoms with Gasteiger partial charge < -0.3 is 15.1 Å². The van der Waals surface area contributed by atoms with Crippen molar-refractivity contribution >= 4 is 23.3 Å². The molecule has 108 valence electrons. The summed E-state index contributed by atoms with van der Waals surface area (Å²) in [6.45, 7) is 5.35. The number of likely N-dealkylation sites (tertiary alicyclic amines) is 1. The molecule has 1 N–H and O–H groups in total. The second-order valence-corrected chi connectivity index (χ2v) is 5.67. The Kier molecular flexibility index (Phi) is 4.08. The number of hydrogen-bond donors (Lipinski definition) is 1. The molecule has 3 heterocycles. The summed E-state index contributed by atoms with van der Waals surface area (Å²) in [4.78, 5) is 20.7. The predicted molar refractivity (Wildman–Crippen MR) is 79.5 cm³/mol. The average Bonchev–Trinajstić information content (AvgIpc) is 3.01. The summed E-state index contributed by atoms with van der Waals surface area (Å²) in [5.74, 6) is 0.829. The number of anilines is 1. The van der Waals surface area contributed by atoms with Crippen molar-refractivity contribution < 1.29 is 4.79 Å². The van der Waals surface area contributed by atoms with Crippen LogP contribution in [0.3, 0.4) is 0 Å². The largest absolute Gasteiger partial charge is 0.353 e. The molecule has 0 saturated carbocycles. The fourth-order valence-electron chi connectivity index (χ4n) is 2.76. The maximum atomic E-state index is 12.3. The van der Waals surface area contributed by atoms with Crippen LogP contribution in [0.2, 0.25) is 5.02 Å². The van der Waals surface area contributed by atoms with Crippen molar-refractivity contribution in [2.45, 2.75) is 12.8 Å². The zero-order chi connectivity index (χ0) is 13.9. The number of rotatable bonds is 2. The number of aromatic nitrogens is 1. The maximum Gasteiger partial charge on any atom is 0.255 e. The first-order chi connectivity index (χ1) is 9.75. The first-order valence-corrected chi connectivity index (χ1v) is 7.54. The Morgan fingerprint density at radius 1 is 1.20 bits per heavy atom. The van der Waals surface area contributed by atoms with E-state index in [-0.39, 0.29) is 5.91 Å². The highest BCUT2D eigenvalue weighted by Crippen LogP contribution is 2.25. The fraction of sp³-hybridized carbons (Fsp3) is 0.571. The number of halogens is 1. The lowest BCUT2D eigenvalue weighted by molar-refractivity contribution is 0.0792. The van der Waals surface area contributed by atoms with Crippen LogP contribution >= 0.6 is 11.6 Å². The summed E-state index contributed by atoms with van der Waals surface area (Å²) in [5, 5.41) is 3.86. The van der Waals surface area contributed by atoms with E-state index >= 15 is 0 Å². The Labute approximate surface area is 123 Å². The Balaban J connectivity index is 1.77. The lowest BCUT2D eigenvalue weighted by Crippen LogP contribution is -2.44. The highest BCUT2D eigenvalue weighted by Gasteiger charge is 2.22. The van der Waals surface area contributed by atoms with Crippen LogP contribution in [0, 0.1) is 0 Å². The van der Waals surface area contributed by atoms with E-state index in [2.05, 4.69) is 15.2 Å². The van der Waals surface area contributed by atoms with Crippen molar-refractivity contribution in [3.63, 3.8) is 0 Å². The van der Waals surface area contributed by atoms with Gasteiger partial charge >= 0.3 is 0 Å². The van der Waals surface area contributed by atoms with Gasteiger partial charge in [-0.15, -0.1) is 0 Å². The first kappa shape index (κ1) is 13.6.